The van der Waals surface area contributed by atoms with Crippen LogP contribution in [0.4, 0.5) is 5.13 Å². The van der Waals surface area contributed by atoms with Gasteiger partial charge in [0.05, 0.1) is 12.1 Å². The molecule has 1 atom stereocenters. The Hall–Kier alpha value is -2.16. The van der Waals surface area contributed by atoms with Gasteiger partial charge in [0.15, 0.2) is 5.13 Å². The van der Waals surface area contributed by atoms with Gasteiger partial charge in [-0.2, -0.15) is 0 Å². The maximum atomic E-state index is 11.8. The highest BCUT2D eigenvalue weighted by Gasteiger charge is 2.24. The summed E-state index contributed by atoms with van der Waals surface area (Å²) in [6.07, 6.45) is -0.478. The number of carboxylic acid groups (broad SMARTS) is 1. The molecule has 1 rings (SSSR count). The molecular weight excluding hydrogens is 260 g/mol. The molecule has 0 fully saturated rings. The van der Waals surface area contributed by atoms with Gasteiger partial charge in [-0.05, 0) is 6.92 Å². The standard InChI is InChI=1S/C9H12N4O4S/c1-3-6(18-9(11)12-3)7(15)13-4(8(16)17)2-5(10)14/h4H,2H2,1H3,(H2,10,14)(H2,11,12)(H,13,15)(H,16,17)/t4-/m0/s1. The number of carboxylic acids is 1. The van der Waals surface area contributed by atoms with Crippen LogP contribution in [0.5, 0.6) is 0 Å². The number of aryl methyl sites for hydroxylation is 1. The van der Waals surface area contributed by atoms with Crippen LogP contribution in [-0.4, -0.2) is 33.9 Å². The molecule has 6 N–H and O–H groups in total. The van der Waals surface area contributed by atoms with Crippen LogP contribution >= 0.6 is 11.3 Å². The van der Waals surface area contributed by atoms with Crippen molar-refractivity contribution in [2.75, 3.05) is 5.73 Å². The van der Waals surface area contributed by atoms with Crippen molar-refractivity contribution in [3.63, 3.8) is 0 Å². The van der Waals surface area contributed by atoms with Crippen molar-refractivity contribution in [1.29, 1.82) is 0 Å². The van der Waals surface area contributed by atoms with Crippen molar-refractivity contribution in [3.05, 3.63) is 10.6 Å². The van der Waals surface area contributed by atoms with Crippen molar-refractivity contribution in [2.45, 2.75) is 19.4 Å². The number of carbonyl (C=O) groups excluding carboxylic acids is 2. The van der Waals surface area contributed by atoms with E-state index in [9.17, 15) is 14.4 Å². The van der Waals surface area contributed by atoms with E-state index in [-0.39, 0.29) is 10.0 Å². The Kier molecular flexibility index (Phi) is 4.21. The van der Waals surface area contributed by atoms with Gasteiger partial charge in [-0.25, -0.2) is 9.78 Å². The molecule has 2 amide bonds. The lowest BCUT2D eigenvalue weighted by atomic mass is 10.2. The summed E-state index contributed by atoms with van der Waals surface area (Å²) in [5.41, 5.74) is 10.7. The van der Waals surface area contributed by atoms with E-state index < -0.39 is 30.2 Å². The Morgan fingerprint density at radius 2 is 2.11 bits per heavy atom. The summed E-state index contributed by atoms with van der Waals surface area (Å²) in [5.74, 6) is -2.80. The van der Waals surface area contributed by atoms with E-state index >= 15 is 0 Å². The molecule has 0 aliphatic carbocycles. The van der Waals surface area contributed by atoms with Gasteiger partial charge in [-0.1, -0.05) is 11.3 Å². The molecule has 0 aliphatic rings. The predicted octanol–water partition coefficient (Wildman–Crippen LogP) is -0.908. The number of nitrogen functional groups attached to an aromatic ring is 1. The van der Waals surface area contributed by atoms with E-state index in [2.05, 4.69) is 10.3 Å². The van der Waals surface area contributed by atoms with Crippen LogP contribution in [0.1, 0.15) is 21.8 Å². The van der Waals surface area contributed by atoms with Crippen molar-refractivity contribution < 1.29 is 19.5 Å². The van der Waals surface area contributed by atoms with Gasteiger partial charge in [-0.3, -0.25) is 9.59 Å². The number of aromatic nitrogens is 1. The first-order chi connectivity index (χ1) is 8.31. The maximum Gasteiger partial charge on any atom is 0.326 e. The van der Waals surface area contributed by atoms with Gasteiger partial charge in [0.1, 0.15) is 10.9 Å². The average molecular weight is 272 g/mol. The zero-order chi connectivity index (χ0) is 13.9. The van der Waals surface area contributed by atoms with E-state index in [0.717, 1.165) is 11.3 Å². The van der Waals surface area contributed by atoms with Crippen LogP contribution < -0.4 is 16.8 Å². The second-order valence-electron chi connectivity index (χ2n) is 3.50. The lowest BCUT2D eigenvalue weighted by Crippen LogP contribution is -2.43. The molecule has 0 radical (unpaired) electrons. The van der Waals surface area contributed by atoms with Gasteiger partial charge in [0.25, 0.3) is 5.91 Å². The zero-order valence-electron chi connectivity index (χ0n) is 9.47. The van der Waals surface area contributed by atoms with Gasteiger partial charge in [0.2, 0.25) is 5.91 Å². The number of nitrogens with two attached hydrogens (primary N) is 2. The Bertz CT molecular complexity index is 499. The minimum Gasteiger partial charge on any atom is -0.480 e. The maximum absolute atomic E-state index is 11.8. The normalized spacial score (nSPS) is 11.8. The Morgan fingerprint density at radius 3 is 2.50 bits per heavy atom. The second kappa shape index (κ2) is 5.45. The van der Waals surface area contributed by atoms with E-state index in [1.165, 1.54) is 0 Å². The number of rotatable bonds is 5. The van der Waals surface area contributed by atoms with Crippen LogP contribution in [0.15, 0.2) is 0 Å². The topological polar surface area (TPSA) is 148 Å². The Balaban J connectivity index is 2.81. The summed E-state index contributed by atoms with van der Waals surface area (Å²) in [6.45, 7) is 1.58. The number of hydrogen-bond acceptors (Lipinski definition) is 6. The van der Waals surface area contributed by atoms with Crippen molar-refractivity contribution in [2.24, 2.45) is 5.73 Å². The monoisotopic (exact) mass is 272 g/mol. The number of aliphatic carboxylic acids is 1. The van der Waals surface area contributed by atoms with Crippen LogP contribution in [-0.2, 0) is 9.59 Å². The fourth-order valence-electron chi connectivity index (χ4n) is 1.25. The summed E-state index contributed by atoms with van der Waals surface area (Å²) >= 11 is 0.941. The first-order valence-electron chi connectivity index (χ1n) is 4.86. The minimum absolute atomic E-state index is 0.208. The molecule has 9 heteroatoms. The number of nitrogens with one attached hydrogen (secondary N) is 1. The molecule has 0 aromatic carbocycles. The van der Waals surface area contributed by atoms with Crippen molar-refractivity contribution in [1.82, 2.24) is 10.3 Å². The fraction of sp³-hybridized carbons (Fsp3) is 0.333. The molecule has 0 bridgehead atoms. The van der Waals surface area contributed by atoms with Gasteiger partial charge in [0, 0.05) is 0 Å². The third kappa shape index (κ3) is 3.42. The highest BCUT2D eigenvalue weighted by atomic mass is 32.1. The fourth-order valence-corrected chi connectivity index (χ4v) is 1.99. The third-order valence-electron chi connectivity index (χ3n) is 2.03. The molecular formula is C9H12N4O4S. The van der Waals surface area contributed by atoms with Crippen LogP contribution in [0.25, 0.3) is 0 Å². The Labute approximate surface area is 106 Å². The minimum atomic E-state index is -1.36. The van der Waals surface area contributed by atoms with E-state index in [0.29, 0.717) is 5.69 Å². The van der Waals surface area contributed by atoms with E-state index in [1.54, 1.807) is 6.92 Å². The van der Waals surface area contributed by atoms with Crippen molar-refractivity contribution >= 4 is 34.3 Å². The highest BCUT2D eigenvalue weighted by Crippen LogP contribution is 2.19. The van der Waals surface area contributed by atoms with Gasteiger partial charge < -0.3 is 21.9 Å². The van der Waals surface area contributed by atoms with Crippen LogP contribution in [0, 0.1) is 6.92 Å². The average Bonchev–Trinajstić information content (AvgIpc) is 2.56. The number of primary amides is 1. The molecule has 0 saturated heterocycles. The van der Waals surface area contributed by atoms with Crippen LogP contribution in [0.3, 0.4) is 0 Å². The molecule has 0 spiro atoms. The molecule has 0 unspecified atom stereocenters. The molecule has 0 saturated carbocycles. The number of hydrogen-bond donors (Lipinski definition) is 4. The number of anilines is 1. The summed E-state index contributed by atoms with van der Waals surface area (Å²) in [5, 5.41) is 11.2. The third-order valence-corrected chi connectivity index (χ3v) is 3.01. The summed E-state index contributed by atoms with van der Waals surface area (Å²) in [4.78, 5) is 37.3. The largest absolute Gasteiger partial charge is 0.480 e. The summed E-state index contributed by atoms with van der Waals surface area (Å²) in [6, 6.07) is -1.36. The SMILES string of the molecule is Cc1nc(N)sc1C(=O)N[C@@H](CC(N)=O)C(=O)O. The molecule has 1 aromatic rings. The molecule has 1 heterocycles. The molecule has 98 valence electrons. The first-order valence-corrected chi connectivity index (χ1v) is 5.67. The predicted molar refractivity (Wildman–Crippen MR) is 64.0 cm³/mol. The second-order valence-corrected chi connectivity index (χ2v) is 4.53. The van der Waals surface area contributed by atoms with E-state index in [1.807, 2.05) is 0 Å². The summed E-state index contributed by atoms with van der Waals surface area (Å²) < 4.78 is 0. The van der Waals surface area contributed by atoms with E-state index in [4.69, 9.17) is 16.6 Å². The molecule has 1 aromatic heterocycles. The molecule has 8 nitrogen and oxygen atoms in total. The number of amides is 2. The molecule has 0 aliphatic heterocycles. The lowest BCUT2D eigenvalue weighted by molar-refractivity contribution is -0.140. The smallest absolute Gasteiger partial charge is 0.326 e. The number of carbonyl (C=O) groups is 3. The van der Waals surface area contributed by atoms with Gasteiger partial charge in [-0.15, -0.1) is 0 Å². The molecule has 18 heavy (non-hydrogen) atoms. The number of thiazole rings is 1. The lowest BCUT2D eigenvalue weighted by Gasteiger charge is -2.11. The van der Waals surface area contributed by atoms with Crippen LogP contribution in [0.2, 0.25) is 0 Å². The number of nitrogens with zero attached hydrogens (tertiary/aromatic N) is 1. The Morgan fingerprint density at radius 1 is 1.50 bits per heavy atom. The summed E-state index contributed by atoms with van der Waals surface area (Å²) in [7, 11) is 0. The highest BCUT2D eigenvalue weighted by molar-refractivity contribution is 7.17. The van der Waals surface area contributed by atoms with Gasteiger partial charge >= 0.3 is 5.97 Å². The quantitative estimate of drug-likeness (QED) is 0.545. The zero-order valence-corrected chi connectivity index (χ0v) is 10.3. The van der Waals surface area contributed by atoms with Crippen molar-refractivity contribution in [3.8, 4) is 0 Å². The first kappa shape index (κ1) is 13.9.